The van der Waals surface area contributed by atoms with E-state index >= 15 is 0 Å². The largest absolute Gasteiger partial charge is 0.462 e. The number of carbonyl (C=O) groups excluding carboxylic acids is 1. The molecule has 0 spiro atoms. The summed E-state index contributed by atoms with van der Waals surface area (Å²) in [4.78, 5) is 12.9. The highest BCUT2D eigenvalue weighted by Gasteiger charge is 2.59. The Morgan fingerprint density at radius 2 is 1.29 bits per heavy atom. The smallest absolute Gasteiger partial charge is 0.306 e. The van der Waals surface area contributed by atoms with E-state index in [2.05, 4.69) is 66.7 Å². The van der Waals surface area contributed by atoms with Gasteiger partial charge >= 0.3 is 5.97 Å². The molecule has 0 saturated heterocycles. The van der Waals surface area contributed by atoms with Gasteiger partial charge in [0.2, 0.25) is 0 Å². The van der Waals surface area contributed by atoms with E-state index in [-0.39, 0.29) is 12.1 Å². The Kier molecular flexibility index (Phi) is 18.2. The molecule has 9 atom stereocenters. The fourth-order valence-electron chi connectivity index (χ4n) is 11.8. The Bertz CT molecular complexity index is 1050. The number of ether oxygens (including phenoxy) is 1. The lowest BCUT2D eigenvalue weighted by Gasteiger charge is -2.58. The summed E-state index contributed by atoms with van der Waals surface area (Å²) in [5, 5.41) is 0. The zero-order chi connectivity index (χ0) is 36.7. The first-order chi connectivity index (χ1) is 24.6. The molecule has 0 aromatic carbocycles. The quantitative estimate of drug-likeness (QED) is 0.0567. The summed E-state index contributed by atoms with van der Waals surface area (Å²) in [6.45, 7) is 17.2. The number of allylic oxidation sites excluding steroid dienone is 3. The van der Waals surface area contributed by atoms with Gasteiger partial charge in [-0.1, -0.05) is 181 Å². The Morgan fingerprint density at radius 1 is 0.725 bits per heavy atom. The number of unbranched alkanes of at least 4 members (excludes halogenated alkanes) is 17. The molecule has 0 aromatic heterocycles. The molecule has 0 bridgehead atoms. The van der Waals surface area contributed by atoms with Crippen LogP contribution in [0.1, 0.15) is 222 Å². The van der Waals surface area contributed by atoms with Gasteiger partial charge in [0.1, 0.15) is 6.10 Å². The van der Waals surface area contributed by atoms with Gasteiger partial charge < -0.3 is 4.74 Å². The van der Waals surface area contributed by atoms with Gasteiger partial charge in [0.05, 0.1) is 0 Å². The third kappa shape index (κ3) is 12.2. The van der Waals surface area contributed by atoms with Crippen molar-refractivity contribution in [3.8, 4) is 0 Å². The van der Waals surface area contributed by atoms with Crippen molar-refractivity contribution >= 4 is 5.97 Å². The Labute approximate surface area is 318 Å². The first kappa shape index (κ1) is 42.7. The van der Waals surface area contributed by atoms with Crippen LogP contribution in [0, 0.1) is 52.3 Å². The summed E-state index contributed by atoms with van der Waals surface area (Å²) < 4.78 is 6.15. The predicted molar refractivity (Wildman–Crippen MR) is 221 cm³/mol. The Balaban J connectivity index is 1.07. The van der Waals surface area contributed by atoms with Crippen molar-refractivity contribution < 1.29 is 9.53 Å². The standard InChI is InChI=1S/C49H86O2/c1-8-9-10-11-12-13-14-15-16-17-18-19-20-21-22-23-24-25-26-47(50)51-42-33-35-48(6)41(37-42)29-30-43-45-32-31-44(49(45,7)36-34-46(43)48)40(5)28-27-39(4)38(2)3/h27-29,38-40,42-46H,8-26,30-37H2,1-7H3/b28-27+. The van der Waals surface area contributed by atoms with Gasteiger partial charge in [0, 0.05) is 12.8 Å². The third-order valence-corrected chi connectivity index (χ3v) is 15.6. The van der Waals surface area contributed by atoms with Crippen molar-refractivity contribution in [1.82, 2.24) is 0 Å². The topological polar surface area (TPSA) is 26.3 Å². The van der Waals surface area contributed by atoms with Crippen LogP contribution in [0.4, 0.5) is 0 Å². The van der Waals surface area contributed by atoms with Crippen molar-refractivity contribution in [3.63, 3.8) is 0 Å². The number of carbonyl (C=O) groups is 1. The van der Waals surface area contributed by atoms with E-state index < -0.39 is 0 Å². The second-order valence-corrected chi connectivity index (χ2v) is 19.4. The van der Waals surface area contributed by atoms with Gasteiger partial charge in [-0.15, -0.1) is 0 Å². The van der Waals surface area contributed by atoms with Crippen LogP contribution < -0.4 is 0 Å². The molecule has 2 nitrogen and oxygen atoms in total. The Morgan fingerprint density at radius 3 is 1.86 bits per heavy atom. The molecule has 0 aliphatic heterocycles. The summed E-state index contributed by atoms with van der Waals surface area (Å²) in [5.41, 5.74) is 2.45. The fourth-order valence-corrected chi connectivity index (χ4v) is 11.8. The molecule has 294 valence electrons. The second-order valence-electron chi connectivity index (χ2n) is 19.4. The molecule has 9 unspecified atom stereocenters. The van der Waals surface area contributed by atoms with E-state index in [1.54, 1.807) is 5.57 Å². The molecule has 3 saturated carbocycles. The number of rotatable bonds is 24. The van der Waals surface area contributed by atoms with Crippen molar-refractivity contribution in [2.24, 2.45) is 52.3 Å². The fraction of sp³-hybridized carbons (Fsp3) is 0.898. The maximum atomic E-state index is 12.9. The lowest BCUT2D eigenvalue weighted by molar-refractivity contribution is -0.151. The summed E-state index contributed by atoms with van der Waals surface area (Å²) in [7, 11) is 0. The third-order valence-electron chi connectivity index (χ3n) is 15.6. The zero-order valence-electron chi connectivity index (χ0n) is 35.3. The van der Waals surface area contributed by atoms with E-state index in [0.717, 1.165) is 48.9 Å². The molecule has 0 heterocycles. The van der Waals surface area contributed by atoms with Crippen molar-refractivity contribution in [1.29, 1.82) is 0 Å². The van der Waals surface area contributed by atoms with Crippen LogP contribution in [0.15, 0.2) is 23.8 Å². The van der Waals surface area contributed by atoms with Crippen molar-refractivity contribution in [2.45, 2.75) is 228 Å². The molecule has 4 aliphatic rings. The van der Waals surface area contributed by atoms with Crippen LogP contribution in [0.2, 0.25) is 0 Å². The lowest BCUT2D eigenvalue weighted by atomic mass is 9.47. The van der Waals surface area contributed by atoms with E-state index in [0.29, 0.717) is 29.1 Å². The maximum Gasteiger partial charge on any atom is 0.306 e. The Hall–Kier alpha value is -1.05. The second kappa shape index (κ2) is 21.7. The molecule has 0 aromatic rings. The van der Waals surface area contributed by atoms with Crippen LogP contribution in [0.25, 0.3) is 0 Å². The van der Waals surface area contributed by atoms with Crippen LogP contribution in [-0.2, 0) is 9.53 Å². The average molecular weight is 707 g/mol. The average Bonchev–Trinajstić information content (AvgIpc) is 3.47. The number of esters is 1. The normalized spacial score (nSPS) is 31.6. The van der Waals surface area contributed by atoms with Gasteiger partial charge in [-0.3, -0.25) is 4.79 Å². The van der Waals surface area contributed by atoms with Crippen LogP contribution in [0.5, 0.6) is 0 Å². The molecule has 0 N–H and O–H groups in total. The molecule has 0 amide bonds. The number of hydrogen-bond acceptors (Lipinski definition) is 2. The minimum Gasteiger partial charge on any atom is -0.462 e. The van der Waals surface area contributed by atoms with E-state index in [1.165, 1.54) is 148 Å². The van der Waals surface area contributed by atoms with Crippen LogP contribution >= 0.6 is 0 Å². The van der Waals surface area contributed by atoms with E-state index in [1.807, 2.05) is 0 Å². The SMILES string of the molecule is CCCCCCCCCCCCCCCCCCCCC(=O)OC1CCC2(C)C(=CCC3C2CCC2(C)C(C(C)/C=C/C(C)C(C)C)CCC32)C1. The van der Waals surface area contributed by atoms with E-state index in [9.17, 15) is 4.79 Å². The molecule has 0 radical (unpaired) electrons. The minimum absolute atomic E-state index is 0.0609. The number of hydrogen-bond donors (Lipinski definition) is 0. The molecule has 3 fully saturated rings. The summed E-state index contributed by atoms with van der Waals surface area (Å²) in [6, 6.07) is 0. The van der Waals surface area contributed by atoms with Gasteiger partial charge in [0.15, 0.2) is 0 Å². The molecule has 4 rings (SSSR count). The number of fused-ring (bicyclic) bond motifs is 5. The predicted octanol–water partition coefficient (Wildman–Crippen LogP) is 15.4. The monoisotopic (exact) mass is 707 g/mol. The van der Waals surface area contributed by atoms with Gasteiger partial charge in [-0.2, -0.15) is 0 Å². The molecule has 51 heavy (non-hydrogen) atoms. The lowest BCUT2D eigenvalue weighted by Crippen LogP contribution is -2.51. The van der Waals surface area contributed by atoms with Gasteiger partial charge in [-0.25, -0.2) is 0 Å². The first-order valence-corrected chi connectivity index (χ1v) is 23.2. The summed E-state index contributed by atoms with van der Waals surface area (Å²) >= 11 is 0. The van der Waals surface area contributed by atoms with Gasteiger partial charge in [-0.05, 0) is 104 Å². The van der Waals surface area contributed by atoms with Crippen LogP contribution in [0.3, 0.4) is 0 Å². The van der Waals surface area contributed by atoms with Crippen molar-refractivity contribution in [2.75, 3.05) is 0 Å². The highest BCUT2D eigenvalue weighted by molar-refractivity contribution is 5.69. The molecule has 2 heteroatoms. The van der Waals surface area contributed by atoms with Crippen LogP contribution in [-0.4, -0.2) is 12.1 Å². The zero-order valence-corrected chi connectivity index (χ0v) is 35.3. The highest BCUT2D eigenvalue weighted by atomic mass is 16.5. The summed E-state index contributed by atoms with van der Waals surface area (Å²) in [6.07, 6.45) is 43.4. The maximum absolute atomic E-state index is 12.9. The summed E-state index contributed by atoms with van der Waals surface area (Å²) in [5.74, 6) is 5.49. The highest BCUT2D eigenvalue weighted by Crippen LogP contribution is 2.67. The van der Waals surface area contributed by atoms with E-state index in [4.69, 9.17) is 4.74 Å². The molecular weight excluding hydrogens is 621 g/mol. The first-order valence-electron chi connectivity index (χ1n) is 23.2. The van der Waals surface area contributed by atoms with Crippen molar-refractivity contribution in [3.05, 3.63) is 23.8 Å². The minimum atomic E-state index is 0.0609. The van der Waals surface area contributed by atoms with Gasteiger partial charge in [0.25, 0.3) is 0 Å². The molecule has 4 aliphatic carbocycles. The molecular formula is C49H86O2.